The van der Waals surface area contributed by atoms with Crippen LogP contribution in [0.25, 0.3) is 0 Å². The Balaban J connectivity index is 1.89. The lowest BCUT2D eigenvalue weighted by molar-refractivity contribution is -0.134. The third-order valence-corrected chi connectivity index (χ3v) is 4.04. The van der Waals surface area contributed by atoms with Gasteiger partial charge in [0, 0.05) is 13.1 Å². The molecule has 3 heteroatoms. The number of piperidine rings is 1. The second kappa shape index (κ2) is 5.74. The molecule has 2 rings (SSSR count). The number of nitrogens with two attached hydrogens (primary N) is 1. The second-order valence-corrected chi connectivity index (χ2v) is 6.29. The van der Waals surface area contributed by atoms with Crippen molar-refractivity contribution in [2.75, 3.05) is 13.1 Å². The Kier molecular flexibility index (Phi) is 4.25. The van der Waals surface area contributed by atoms with E-state index in [1.807, 2.05) is 35.2 Å². The summed E-state index contributed by atoms with van der Waals surface area (Å²) in [6.45, 7) is 6.21. The van der Waals surface area contributed by atoms with E-state index in [4.69, 9.17) is 5.73 Å². The zero-order valence-corrected chi connectivity index (χ0v) is 11.9. The van der Waals surface area contributed by atoms with Crippen LogP contribution < -0.4 is 5.73 Å². The molecule has 0 spiro atoms. The molecule has 0 aromatic heterocycles. The Morgan fingerprint density at radius 3 is 2.42 bits per heavy atom. The van der Waals surface area contributed by atoms with Gasteiger partial charge in [0.25, 0.3) is 0 Å². The zero-order chi connectivity index (χ0) is 13.9. The van der Waals surface area contributed by atoms with Crippen LogP contribution >= 0.6 is 0 Å². The van der Waals surface area contributed by atoms with Crippen molar-refractivity contribution in [3.8, 4) is 0 Å². The Bertz CT molecular complexity index is 418. The number of likely N-dealkylation sites (tertiary alicyclic amines) is 1. The number of nitrogens with zero attached hydrogens (tertiary/aromatic N) is 1. The van der Waals surface area contributed by atoms with Gasteiger partial charge in [0.1, 0.15) is 0 Å². The highest BCUT2D eigenvalue weighted by molar-refractivity contribution is 5.82. The lowest BCUT2D eigenvalue weighted by Gasteiger charge is -2.37. The van der Waals surface area contributed by atoms with Crippen molar-refractivity contribution >= 4 is 5.91 Å². The fraction of sp³-hybridized carbons (Fsp3) is 0.562. The van der Waals surface area contributed by atoms with Crippen LogP contribution in [-0.4, -0.2) is 29.9 Å². The van der Waals surface area contributed by atoms with Gasteiger partial charge < -0.3 is 10.6 Å². The minimum absolute atomic E-state index is 0.0966. The Morgan fingerprint density at radius 1 is 1.26 bits per heavy atom. The maximum atomic E-state index is 12.3. The zero-order valence-electron chi connectivity index (χ0n) is 11.9. The Morgan fingerprint density at radius 2 is 1.84 bits per heavy atom. The van der Waals surface area contributed by atoms with Crippen molar-refractivity contribution in [2.45, 2.75) is 39.2 Å². The smallest absolute Gasteiger partial charge is 0.239 e. The number of carbonyl (C=O) groups excluding carboxylic acids is 1. The van der Waals surface area contributed by atoms with Crippen molar-refractivity contribution in [3.63, 3.8) is 0 Å². The fourth-order valence-electron chi connectivity index (χ4n) is 2.52. The number of hydrogen-bond acceptors (Lipinski definition) is 2. The molecule has 1 aliphatic rings. The molecule has 104 valence electrons. The fourth-order valence-corrected chi connectivity index (χ4v) is 2.52. The minimum Gasteiger partial charge on any atom is -0.341 e. The topological polar surface area (TPSA) is 46.3 Å². The first-order valence-corrected chi connectivity index (χ1v) is 7.06. The molecule has 0 aliphatic carbocycles. The summed E-state index contributed by atoms with van der Waals surface area (Å²) in [5, 5.41) is 0. The lowest BCUT2D eigenvalue weighted by Crippen LogP contribution is -2.49. The molecule has 1 aromatic carbocycles. The van der Waals surface area contributed by atoms with Crippen molar-refractivity contribution in [1.82, 2.24) is 4.90 Å². The van der Waals surface area contributed by atoms with Crippen LogP contribution in [0.5, 0.6) is 0 Å². The molecule has 19 heavy (non-hydrogen) atoms. The normalized spacial score (nSPS) is 20.1. The van der Waals surface area contributed by atoms with Gasteiger partial charge in [-0.1, -0.05) is 44.2 Å². The van der Waals surface area contributed by atoms with Crippen LogP contribution in [-0.2, 0) is 11.2 Å². The molecule has 1 amide bonds. The maximum Gasteiger partial charge on any atom is 0.239 e. The molecular formula is C16H24N2O. The van der Waals surface area contributed by atoms with E-state index in [0.717, 1.165) is 31.5 Å². The molecule has 1 atom stereocenters. The average Bonchev–Trinajstić information content (AvgIpc) is 2.39. The number of carbonyl (C=O) groups is 1. The second-order valence-electron chi connectivity index (χ2n) is 6.29. The van der Waals surface area contributed by atoms with Crippen LogP contribution in [0.15, 0.2) is 30.3 Å². The predicted octanol–water partition coefficient (Wildman–Crippen LogP) is 2.21. The van der Waals surface area contributed by atoms with Crippen molar-refractivity contribution in [3.05, 3.63) is 35.9 Å². The van der Waals surface area contributed by atoms with Crippen molar-refractivity contribution < 1.29 is 4.79 Å². The molecule has 3 nitrogen and oxygen atoms in total. The summed E-state index contributed by atoms with van der Waals surface area (Å²) in [4.78, 5) is 14.2. The number of benzene rings is 1. The van der Waals surface area contributed by atoms with Crippen molar-refractivity contribution in [2.24, 2.45) is 11.1 Å². The number of rotatable bonds is 3. The van der Waals surface area contributed by atoms with Gasteiger partial charge in [-0.2, -0.15) is 0 Å². The third kappa shape index (κ3) is 3.80. The summed E-state index contributed by atoms with van der Waals surface area (Å²) in [5.41, 5.74) is 7.54. The van der Waals surface area contributed by atoms with Crippen LogP contribution in [0.2, 0.25) is 0 Å². The first kappa shape index (κ1) is 14.1. The molecule has 0 radical (unpaired) electrons. The highest BCUT2D eigenvalue weighted by atomic mass is 16.2. The first-order chi connectivity index (χ1) is 8.98. The van der Waals surface area contributed by atoms with Gasteiger partial charge in [0.2, 0.25) is 5.91 Å². The van der Waals surface area contributed by atoms with Gasteiger partial charge in [0.05, 0.1) is 6.04 Å². The average molecular weight is 260 g/mol. The summed E-state index contributed by atoms with van der Waals surface area (Å²) in [6.07, 6.45) is 2.76. The quantitative estimate of drug-likeness (QED) is 0.905. The van der Waals surface area contributed by atoms with E-state index in [9.17, 15) is 4.79 Å². The molecular weight excluding hydrogens is 236 g/mol. The summed E-state index contributed by atoms with van der Waals surface area (Å²) in [7, 11) is 0. The first-order valence-electron chi connectivity index (χ1n) is 7.06. The van der Waals surface area contributed by atoms with Gasteiger partial charge in [-0.3, -0.25) is 4.79 Å². The van der Waals surface area contributed by atoms with Crippen LogP contribution in [0, 0.1) is 5.41 Å². The van der Waals surface area contributed by atoms with E-state index < -0.39 is 6.04 Å². The minimum atomic E-state index is -0.413. The summed E-state index contributed by atoms with van der Waals surface area (Å²) in [5.74, 6) is 0.0966. The van der Waals surface area contributed by atoms with E-state index in [1.165, 1.54) is 0 Å². The molecule has 1 heterocycles. The SMILES string of the molecule is CC1(C)CCN(C(=O)C(N)Cc2ccccc2)CC1. The molecule has 1 aromatic rings. The Hall–Kier alpha value is -1.35. The van der Waals surface area contributed by atoms with E-state index in [0.29, 0.717) is 11.8 Å². The summed E-state index contributed by atoms with van der Waals surface area (Å²) in [6, 6.07) is 9.57. The standard InChI is InChI=1S/C16H24N2O/c1-16(2)8-10-18(11-9-16)15(19)14(17)12-13-6-4-3-5-7-13/h3-7,14H,8-12,17H2,1-2H3. The van der Waals surface area contributed by atoms with Gasteiger partial charge >= 0.3 is 0 Å². The van der Waals surface area contributed by atoms with Gasteiger partial charge in [-0.05, 0) is 30.2 Å². The van der Waals surface area contributed by atoms with E-state index in [-0.39, 0.29) is 5.91 Å². The van der Waals surface area contributed by atoms with E-state index in [2.05, 4.69) is 13.8 Å². The molecule has 2 N–H and O–H groups in total. The predicted molar refractivity (Wildman–Crippen MR) is 77.7 cm³/mol. The summed E-state index contributed by atoms with van der Waals surface area (Å²) >= 11 is 0. The summed E-state index contributed by atoms with van der Waals surface area (Å²) < 4.78 is 0. The highest BCUT2D eigenvalue weighted by Gasteiger charge is 2.29. The van der Waals surface area contributed by atoms with Crippen LogP contribution in [0.1, 0.15) is 32.3 Å². The van der Waals surface area contributed by atoms with Gasteiger partial charge in [0.15, 0.2) is 0 Å². The Labute approximate surface area is 115 Å². The highest BCUT2D eigenvalue weighted by Crippen LogP contribution is 2.29. The van der Waals surface area contributed by atoms with Gasteiger partial charge in [-0.25, -0.2) is 0 Å². The van der Waals surface area contributed by atoms with Gasteiger partial charge in [-0.15, -0.1) is 0 Å². The number of hydrogen-bond donors (Lipinski definition) is 1. The molecule has 0 bridgehead atoms. The third-order valence-electron chi connectivity index (χ3n) is 4.04. The lowest BCUT2D eigenvalue weighted by atomic mass is 9.82. The molecule has 1 aliphatic heterocycles. The molecule has 1 fully saturated rings. The monoisotopic (exact) mass is 260 g/mol. The van der Waals surface area contributed by atoms with Crippen molar-refractivity contribution in [1.29, 1.82) is 0 Å². The molecule has 1 saturated heterocycles. The molecule has 0 saturated carbocycles. The van der Waals surface area contributed by atoms with E-state index >= 15 is 0 Å². The maximum absolute atomic E-state index is 12.3. The van der Waals surface area contributed by atoms with Crippen LogP contribution in [0.4, 0.5) is 0 Å². The number of amides is 1. The molecule has 1 unspecified atom stereocenters. The largest absolute Gasteiger partial charge is 0.341 e. The van der Waals surface area contributed by atoms with E-state index in [1.54, 1.807) is 0 Å². The van der Waals surface area contributed by atoms with Crippen LogP contribution in [0.3, 0.4) is 0 Å².